The van der Waals surface area contributed by atoms with E-state index in [0.717, 1.165) is 5.56 Å². The summed E-state index contributed by atoms with van der Waals surface area (Å²) in [5.41, 5.74) is 7.19. The number of halogens is 2. The fourth-order valence-electron chi connectivity index (χ4n) is 4.39. The summed E-state index contributed by atoms with van der Waals surface area (Å²) in [6.45, 7) is 2.75. The van der Waals surface area contributed by atoms with Gasteiger partial charge in [0.2, 0.25) is 0 Å². The van der Waals surface area contributed by atoms with Crippen LogP contribution in [0, 0.1) is 0 Å². The first-order valence-corrected chi connectivity index (χ1v) is 11.0. The van der Waals surface area contributed by atoms with Gasteiger partial charge in [0.15, 0.2) is 0 Å². The number of nitrogens with two attached hydrogens (primary N) is 1. The standard InChI is InChI=1S/C23H24Cl2N2O4/c1-13-9-16(15-10-18(24)19(25)11-21(15)30-13)22(28)31-20-7-8-27(23(26)29)12-17(20)14-5-3-2-4-6-14/h2-6,10-11,13,16-17,20H,7-9,12H2,1H3,(H2,26,29). The summed E-state index contributed by atoms with van der Waals surface area (Å²) in [6.07, 6.45) is 0.472. The molecule has 2 amide bonds. The van der Waals surface area contributed by atoms with Crippen LogP contribution in [0.25, 0.3) is 0 Å². The van der Waals surface area contributed by atoms with Crippen molar-refractivity contribution >= 4 is 35.2 Å². The molecule has 4 atom stereocenters. The van der Waals surface area contributed by atoms with Gasteiger partial charge in [0.25, 0.3) is 0 Å². The Morgan fingerprint density at radius 1 is 1.16 bits per heavy atom. The van der Waals surface area contributed by atoms with E-state index in [1.54, 1.807) is 17.0 Å². The molecular formula is C23H24Cl2N2O4. The molecule has 1 saturated heterocycles. The van der Waals surface area contributed by atoms with Crippen molar-refractivity contribution in [3.8, 4) is 5.75 Å². The zero-order chi connectivity index (χ0) is 22.1. The lowest BCUT2D eigenvalue weighted by Crippen LogP contribution is -2.48. The fourth-order valence-corrected chi connectivity index (χ4v) is 4.71. The molecular weight excluding hydrogens is 439 g/mol. The van der Waals surface area contributed by atoms with E-state index >= 15 is 0 Å². The summed E-state index contributed by atoms with van der Waals surface area (Å²) in [7, 11) is 0. The van der Waals surface area contributed by atoms with Crippen molar-refractivity contribution in [3.05, 3.63) is 63.6 Å². The molecule has 2 N–H and O–H groups in total. The van der Waals surface area contributed by atoms with E-state index in [9.17, 15) is 9.59 Å². The van der Waals surface area contributed by atoms with Crippen LogP contribution in [0.4, 0.5) is 4.79 Å². The Balaban J connectivity index is 1.58. The normalized spacial score (nSPS) is 25.3. The minimum atomic E-state index is -0.501. The molecule has 4 unspecified atom stereocenters. The van der Waals surface area contributed by atoms with Crippen LogP contribution in [0.2, 0.25) is 10.0 Å². The topological polar surface area (TPSA) is 81.9 Å². The molecule has 0 saturated carbocycles. The summed E-state index contributed by atoms with van der Waals surface area (Å²) < 4.78 is 11.9. The number of carbonyl (C=O) groups excluding carboxylic acids is 2. The van der Waals surface area contributed by atoms with Crippen LogP contribution in [-0.4, -0.2) is 42.2 Å². The number of ether oxygens (including phenoxy) is 2. The van der Waals surface area contributed by atoms with Crippen molar-refractivity contribution in [1.29, 1.82) is 0 Å². The van der Waals surface area contributed by atoms with Crippen molar-refractivity contribution in [3.63, 3.8) is 0 Å². The number of likely N-dealkylation sites (tertiary alicyclic amines) is 1. The van der Waals surface area contributed by atoms with E-state index < -0.39 is 11.9 Å². The average Bonchev–Trinajstić information content (AvgIpc) is 2.75. The van der Waals surface area contributed by atoms with Gasteiger partial charge in [-0.1, -0.05) is 53.5 Å². The molecule has 0 radical (unpaired) electrons. The maximum atomic E-state index is 13.3. The maximum absolute atomic E-state index is 13.3. The van der Waals surface area contributed by atoms with Gasteiger partial charge in [-0.3, -0.25) is 4.79 Å². The number of piperidine rings is 1. The highest BCUT2D eigenvalue weighted by atomic mass is 35.5. The highest BCUT2D eigenvalue weighted by molar-refractivity contribution is 6.42. The Labute approximate surface area is 191 Å². The van der Waals surface area contributed by atoms with Gasteiger partial charge in [0, 0.05) is 43.5 Å². The minimum absolute atomic E-state index is 0.156. The molecule has 4 rings (SSSR count). The third-order valence-corrected chi connectivity index (χ3v) is 6.69. The number of primary amides is 1. The van der Waals surface area contributed by atoms with E-state index in [4.69, 9.17) is 38.4 Å². The first-order valence-electron chi connectivity index (χ1n) is 10.3. The Morgan fingerprint density at radius 2 is 1.87 bits per heavy atom. The van der Waals surface area contributed by atoms with Gasteiger partial charge < -0.3 is 20.1 Å². The highest BCUT2D eigenvalue weighted by Crippen LogP contribution is 2.42. The quantitative estimate of drug-likeness (QED) is 0.668. The minimum Gasteiger partial charge on any atom is -0.490 e. The smallest absolute Gasteiger partial charge is 0.314 e. The molecule has 1 fully saturated rings. The Hall–Kier alpha value is -2.44. The van der Waals surface area contributed by atoms with Gasteiger partial charge in [-0.05, 0) is 18.6 Å². The Morgan fingerprint density at radius 3 is 2.58 bits per heavy atom. The molecule has 31 heavy (non-hydrogen) atoms. The van der Waals surface area contributed by atoms with Crippen molar-refractivity contribution in [2.24, 2.45) is 5.73 Å². The number of hydrogen-bond donors (Lipinski definition) is 1. The lowest BCUT2D eigenvalue weighted by atomic mass is 9.87. The summed E-state index contributed by atoms with van der Waals surface area (Å²) in [5, 5.41) is 0.748. The molecule has 0 spiro atoms. The average molecular weight is 463 g/mol. The summed E-state index contributed by atoms with van der Waals surface area (Å²) in [6, 6.07) is 12.6. The fraction of sp³-hybridized carbons (Fsp3) is 0.391. The van der Waals surface area contributed by atoms with E-state index in [1.807, 2.05) is 37.3 Å². The zero-order valence-electron chi connectivity index (χ0n) is 17.1. The number of fused-ring (bicyclic) bond motifs is 1. The van der Waals surface area contributed by atoms with Crippen LogP contribution in [-0.2, 0) is 9.53 Å². The molecule has 6 nitrogen and oxygen atoms in total. The number of rotatable bonds is 3. The monoisotopic (exact) mass is 462 g/mol. The van der Waals surface area contributed by atoms with Crippen LogP contribution < -0.4 is 10.5 Å². The maximum Gasteiger partial charge on any atom is 0.314 e. The van der Waals surface area contributed by atoms with E-state index in [-0.39, 0.29) is 24.1 Å². The predicted molar refractivity (Wildman–Crippen MR) is 119 cm³/mol. The summed E-state index contributed by atoms with van der Waals surface area (Å²) >= 11 is 12.3. The number of urea groups is 1. The highest BCUT2D eigenvalue weighted by Gasteiger charge is 2.38. The summed E-state index contributed by atoms with van der Waals surface area (Å²) in [4.78, 5) is 26.6. The predicted octanol–water partition coefficient (Wildman–Crippen LogP) is 4.73. The van der Waals surface area contributed by atoms with E-state index in [0.29, 0.717) is 47.3 Å². The molecule has 164 valence electrons. The first-order chi connectivity index (χ1) is 14.8. The third kappa shape index (κ3) is 4.60. The third-order valence-electron chi connectivity index (χ3n) is 5.96. The van der Waals surface area contributed by atoms with Crippen LogP contribution in [0.3, 0.4) is 0 Å². The second-order valence-electron chi connectivity index (χ2n) is 8.09. The largest absolute Gasteiger partial charge is 0.490 e. The number of benzene rings is 2. The molecule has 0 aromatic heterocycles. The molecule has 2 aromatic rings. The SMILES string of the molecule is CC1CC(C(=O)OC2CCN(C(N)=O)CC2c2ccccc2)c2cc(Cl)c(Cl)cc2O1. The van der Waals surface area contributed by atoms with Crippen molar-refractivity contribution in [2.45, 2.75) is 43.8 Å². The van der Waals surface area contributed by atoms with Crippen molar-refractivity contribution in [2.75, 3.05) is 13.1 Å². The molecule has 0 aliphatic carbocycles. The Bertz CT molecular complexity index is 985. The second-order valence-corrected chi connectivity index (χ2v) is 8.90. The molecule has 2 heterocycles. The van der Waals surface area contributed by atoms with Gasteiger partial charge in [0.05, 0.1) is 22.1 Å². The second kappa shape index (κ2) is 8.97. The lowest BCUT2D eigenvalue weighted by molar-refractivity contribution is -0.155. The van der Waals surface area contributed by atoms with Gasteiger partial charge in [-0.2, -0.15) is 0 Å². The first kappa shape index (κ1) is 21.8. The molecule has 2 aliphatic rings. The van der Waals surface area contributed by atoms with Gasteiger partial charge in [0.1, 0.15) is 11.9 Å². The number of hydrogen-bond acceptors (Lipinski definition) is 4. The van der Waals surface area contributed by atoms with Crippen molar-refractivity contribution < 1.29 is 19.1 Å². The lowest BCUT2D eigenvalue weighted by Gasteiger charge is -2.38. The molecule has 2 aliphatic heterocycles. The van der Waals surface area contributed by atoms with Crippen LogP contribution in [0.15, 0.2) is 42.5 Å². The van der Waals surface area contributed by atoms with Gasteiger partial charge in [-0.15, -0.1) is 0 Å². The molecule has 2 aromatic carbocycles. The van der Waals surface area contributed by atoms with Crippen LogP contribution in [0.5, 0.6) is 5.75 Å². The van der Waals surface area contributed by atoms with E-state index in [1.165, 1.54) is 0 Å². The molecule has 8 heteroatoms. The molecule has 0 bridgehead atoms. The van der Waals surface area contributed by atoms with Crippen LogP contribution in [0.1, 0.15) is 42.7 Å². The number of esters is 1. The zero-order valence-corrected chi connectivity index (χ0v) is 18.6. The van der Waals surface area contributed by atoms with Gasteiger partial charge in [-0.25, -0.2) is 4.79 Å². The Kier molecular flexibility index (Phi) is 6.30. The van der Waals surface area contributed by atoms with Crippen LogP contribution >= 0.6 is 23.2 Å². The number of amides is 2. The van der Waals surface area contributed by atoms with Gasteiger partial charge >= 0.3 is 12.0 Å². The number of carbonyl (C=O) groups is 2. The van der Waals surface area contributed by atoms with Crippen molar-refractivity contribution in [1.82, 2.24) is 4.90 Å². The number of nitrogens with zero attached hydrogens (tertiary/aromatic N) is 1. The summed E-state index contributed by atoms with van der Waals surface area (Å²) in [5.74, 6) is -0.428. The van der Waals surface area contributed by atoms with E-state index in [2.05, 4.69) is 0 Å².